The lowest BCUT2D eigenvalue weighted by molar-refractivity contribution is 0.0903. The van der Waals surface area contributed by atoms with Crippen LogP contribution in [-0.2, 0) is 0 Å². The first kappa shape index (κ1) is 12.0. The van der Waals surface area contributed by atoms with Crippen LogP contribution in [0.2, 0.25) is 0 Å². The number of aromatic amines is 1. The maximum atomic E-state index is 11.8. The maximum absolute atomic E-state index is 11.8. The zero-order valence-electron chi connectivity index (χ0n) is 9.93. The Hall–Kier alpha value is -2.43. The van der Waals surface area contributed by atoms with E-state index >= 15 is 0 Å². The molecule has 18 heavy (non-hydrogen) atoms. The number of amides is 1. The number of aromatic nitrogens is 2. The molecule has 0 spiro atoms. The summed E-state index contributed by atoms with van der Waals surface area (Å²) in [5.74, 6) is -0.421. The lowest BCUT2D eigenvalue weighted by Gasteiger charge is -2.03. The number of benzene rings is 1. The largest absolute Gasteiger partial charge is 0.344 e. The van der Waals surface area contributed by atoms with Gasteiger partial charge in [-0.05, 0) is 6.92 Å². The Morgan fingerprint density at radius 3 is 2.61 bits per heavy atom. The number of carbonyl (C=O) groups is 2. The third-order valence-electron chi connectivity index (χ3n) is 2.58. The van der Waals surface area contributed by atoms with Crippen molar-refractivity contribution in [1.29, 1.82) is 0 Å². The van der Waals surface area contributed by atoms with Gasteiger partial charge in [-0.1, -0.05) is 30.3 Å². The first-order valence-corrected chi connectivity index (χ1v) is 5.55. The average Bonchev–Trinajstić information content (AvgIpc) is 2.83. The van der Waals surface area contributed by atoms with E-state index in [-0.39, 0.29) is 18.2 Å². The fourth-order valence-corrected chi connectivity index (χ4v) is 1.56. The molecule has 2 N–H and O–H groups in total. The van der Waals surface area contributed by atoms with E-state index in [1.165, 1.54) is 6.20 Å². The summed E-state index contributed by atoms with van der Waals surface area (Å²) in [7, 11) is 0. The van der Waals surface area contributed by atoms with Crippen LogP contribution in [0, 0.1) is 6.92 Å². The summed E-state index contributed by atoms with van der Waals surface area (Å²) >= 11 is 0. The number of ketones is 1. The van der Waals surface area contributed by atoms with E-state index in [1.54, 1.807) is 31.2 Å². The Balaban J connectivity index is 1.95. The van der Waals surface area contributed by atoms with Crippen molar-refractivity contribution >= 4 is 11.7 Å². The van der Waals surface area contributed by atoms with Crippen LogP contribution in [0.25, 0.3) is 0 Å². The molecule has 0 aliphatic heterocycles. The van der Waals surface area contributed by atoms with Gasteiger partial charge in [-0.3, -0.25) is 14.7 Å². The minimum atomic E-state index is -0.300. The first-order chi connectivity index (χ1) is 8.68. The smallest absolute Gasteiger partial charge is 0.255 e. The molecule has 5 nitrogen and oxygen atoms in total. The molecule has 0 atom stereocenters. The normalized spacial score (nSPS) is 10.1. The summed E-state index contributed by atoms with van der Waals surface area (Å²) in [6.45, 7) is 1.73. The third kappa shape index (κ3) is 2.63. The minimum absolute atomic E-state index is 0.0204. The van der Waals surface area contributed by atoms with Gasteiger partial charge in [0.05, 0.1) is 18.3 Å². The maximum Gasteiger partial charge on any atom is 0.255 e. The predicted molar refractivity (Wildman–Crippen MR) is 66.4 cm³/mol. The lowest BCUT2D eigenvalue weighted by Crippen LogP contribution is -2.29. The SMILES string of the molecule is Cc1[nH]ncc1C(=O)NCC(=O)c1ccccc1. The molecule has 2 rings (SSSR count). The highest BCUT2D eigenvalue weighted by atomic mass is 16.2. The summed E-state index contributed by atoms with van der Waals surface area (Å²) in [5.41, 5.74) is 1.72. The molecule has 1 heterocycles. The van der Waals surface area contributed by atoms with E-state index in [0.29, 0.717) is 16.8 Å². The number of nitrogens with zero attached hydrogens (tertiary/aromatic N) is 1. The van der Waals surface area contributed by atoms with E-state index in [4.69, 9.17) is 0 Å². The van der Waals surface area contributed by atoms with Crippen molar-refractivity contribution in [2.24, 2.45) is 0 Å². The van der Waals surface area contributed by atoms with Gasteiger partial charge in [0.2, 0.25) is 0 Å². The molecular weight excluding hydrogens is 230 g/mol. The molecule has 1 aromatic carbocycles. The van der Waals surface area contributed by atoms with Gasteiger partial charge in [0.15, 0.2) is 5.78 Å². The molecule has 0 saturated heterocycles. The Bertz CT molecular complexity index is 561. The second-order valence-corrected chi connectivity index (χ2v) is 3.88. The van der Waals surface area contributed by atoms with Crippen molar-refractivity contribution in [2.45, 2.75) is 6.92 Å². The standard InChI is InChI=1S/C13H13N3O2/c1-9-11(7-15-16-9)13(18)14-8-12(17)10-5-3-2-4-6-10/h2-7H,8H2,1H3,(H,14,18)(H,15,16). The lowest BCUT2D eigenvalue weighted by atomic mass is 10.1. The molecule has 1 amide bonds. The molecule has 0 bridgehead atoms. The number of aryl methyl sites for hydroxylation is 1. The van der Waals surface area contributed by atoms with Crippen LogP contribution >= 0.6 is 0 Å². The summed E-state index contributed by atoms with van der Waals surface area (Å²) < 4.78 is 0. The van der Waals surface area contributed by atoms with Gasteiger partial charge >= 0.3 is 0 Å². The topological polar surface area (TPSA) is 74.8 Å². The van der Waals surface area contributed by atoms with Crippen molar-refractivity contribution in [1.82, 2.24) is 15.5 Å². The van der Waals surface area contributed by atoms with Gasteiger partial charge in [-0.15, -0.1) is 0 Å². The number of hydrogen-bond donors (Lipinski definition) is 2. The van der Waals surface area contributed by atoms with E-state index in [9.17, 15) is 9.59 Å². The third-order valence-corrected chi connectivity index (χ3v) is 2.58. The van der Waals surface area contributed by atoms with Gasteiger partial charge in [-0.2, -0.15) is 5.10 Å². The van der Waals surface area contributed by atoms with Crippen molar-refractivity contribution in [3.05, 3.63) is 53.3 Å². The Morgan fingerprint density at radius 1 is 1.28 bits per heavy atom. The molecule has 0 aliphatic rings. The minimum Gasteiger partial charge on any atom is -0.344 e. The molecule has 0 saturated carbocycles. The first-order valence-electron chi connectivity index (χ1n) is 5.55. The number of rotatable bonds is 4. The molecule has 2 aromatic rings. The van der Waals surface area contributed by atoms with Crippen molar-refractivity contribution in [3.63, 3.8) is 0 Å². The molecule has 0 unspecified atom stereocenters. The quantitative estimate of drug-likeness (QED) is 0.795. The van der Waals surface area contributed by atoms with Crippen LogP contribution in [0.15, 0.2) is 36.5 Å². The van der Waals surface area contributed by atoms with Gasteiger partial charge in [0.25, 0.3) is 5.91 Å². The molecule has 0 radical (unpaired) electrons. The van der Waals surface area contributed by atoms with Crippen LogP contribution < -0.4 is 5.32 Å². The summed E-state index contributed by atoms with van der Waals surface area (Å²) in [4.78, 5) is 23.5. The Labute approximate surface area is 104 Å². The van der Waals surface area contributed by atoms with Crippen molar-refractivity contribution in [3.8, 4) is 0 Å². The van der Waals surface area contributed by atoms with Gasteiger partial charge in [0.1, 0.15) is 0 Å². The Morgan fingerprint density at radius 2 is 2.00 bits per heavy atom. The highest BCUT2D eigenvalue weighted by Gasteiger charge is 2.12. The number of nitrogens with one attached hydrogen (secondary N) is 2. The van der Waals surface area contributed by atoms with E-state index in [0.717, 1.165) is 0 Å². The number of carbonyl (C=O) groups excluding carboxylic acids is 2. The van der Waals surface area contributed by atoms with Crippen LogP contribution in [0.4, 0.5) is 0 Å². The van der Waals surface area contributed by atoms with Crippen molar-refractivity contribution < 1.29 is 9.59 Å². The van der Waals surface area contributed by atoms with Gasteiger partial charge in [-0.25, -0.2) is 0 Å². The zero-order valence-corrected chi connectivity index (χ0v) is 9.93. The highest BCUT2D eigenvalue weighted by Crippen LogP contribution is 2.03. The Kier molecular flexibility index (Phi) is 3.52. The van der Waals surface area contributed by atoms with Crippen LogP contribution in [-0.4, -0.2) is 28.4 Å². The average molecular weight is 243 g/mol. The molecule has 0 fully saturated rings. The van der Waals surface area contributed by atoms with Crippen LogP contribution in [0.3, 0.4) is 0 Å². The fraction of sp³-hybridized carbons (Fsp3) is 0.154. The van der Waals surface area contributed by atoms with E-state index in [2.05, 4.69) is 15.5 Å². The van der Waals surface area contributed by atoms with E-state index < -0.39 is 0 Å². The second kappa shape index (κ2) is 5.27. The zero-order chi connectivity index (χ0) is 13.0. The second-order valence-electron chi connectivity index (χ2n) is 3.88. The molecule has 92 valence electrons. The van der Waals surface area contributed by atoms with Crippen LogP contribution in [0.5, 0.6) is 0 Å². The van der Waals surface area contributed by atoms with Gasteiger partial charge in [0, 0.05) is 11.3 Å². The number of Topliss-reactive ketones (excluding diaryl/α,β-unsaturated/α-hetero) is 1. The molecule has 5 heteroatoms. The predicted octanol–water partition coefficient (Wildman–Crippen LogP) is 1.33. The monoisotopic (exact) mass is 243 g/mol. The van der Waals surface area contributed by atoms with Crippen molar-refractivity contribution in [2.75, 3.05) is 6.54 Å². The van der Waals surface area contributed by atoms with Gasteiger partial charge < -0.3 is 5.32 Å². The van der Waals surface area contributed by atoms with Crippen LogP contribution in [0.1, 0.15) is 26.4 Å². The summed E-state index contributed by atoms with van der Waals surface area (Å²) in [6.07, 6.45) is 1.44. The number of hydrogen-bond acceptors (Lipinski definition) is 3. The summed E-state index contributed by atoms with van der Waals surface area (Å²) in [5, 5.41) is 9.01. The molecule has 0 aliphatic carbocycles. The highest BCUT2D eigenvalue weighted by molar-refractivity contribution is 6.02. The summed E-state index contributed by atoms with van der Waals surface area (Å²) in [6, 6.07) is 8.85. The van der Waals surface area contributed by atoms with E-state index in [1.807, 2.05) is 6.07 Å². The molecular formula is C13H13N3O2. The fourth-order valence-electron chi connectivity index (χ4n) is 1.56. The molecule has 1 aromatic heterocycles. The number of H-pyrrole nitrogens is 1.